The minimum absolute atomic E-state index is 0.532. The molecule has 144 valence electrons. The van der Waals surface area contributed by atoms with Crippen molar-refractivity contribution in [2.75, 3.05) is 0 Å². The number of pyridine rings is 1. The van der Waals surface area contributed by atoms with E-state index in [2.05, 4.69) is 11.1 Å². The van der Waals surface area contributed by atoms with Gasteiger partial charge in [0.2, 0.25) is 0 Å². The summed E-state index contributed by atoms with van der Waals surface area (Å²) in [4.78, 5) is 18.5. The number of benzene rings is 2. The molecule has 0 amide bonds. The maximum Gasteiger partial charge on any atom is 0.147 e. The summed E-state index contributed by atoms with van der Waals surface area (Å²) in [6, 6.07) is 24.7. The van der Waals surface area contributed by atoms with Crippen molar-refractivity contribution in [3.8, 4) is 6.07 Å². The Labute approximate surface area is 175 Å². The molecule has 1 aromatic heterocycles. The van der Waals surface area contributed by atoms with E-state index in [1.165, 1.54) is 0 Å². The molecule has 0 spiro atoms. The molecule has 0 saturated heterocycles. The number of aldehydes is 1. The van der Waals surface area contributed by atoms with E-state index >= 15 is 0 Å². The molecule has 0 radical (unpaired) electrons. The van der Waals surface area contributed by atoms with Gasteiger partial charge in [0, 0.05) is 24.2 Å². The average Bonchev–Trinajstić information content (AvgIpc) is 2.83. The highest BCUT2D eigenvalue weighted by Gasteiger charge is 2.26. The first-order valence-corrected chi connectivity index (χ1v) is 9.60. The summed E-state index contributed by atoms with van der Waals surface area (Å²) in [6.45, 7) is 0. The Balaban J connectivity index is 1.83. The second-order valence-electron chi connectivity index (χ2n) is 6.81. The van der Waals surface area contributed by atoms with E-state index in [0.29, 0.717) is 5.56 Å². The monoisotopic (exact) mass is 389 g/mol. The quantitative estimate of drug-likeness (QED) is 0.581. The maximum atomic E-state index is 12.2. The Morgan fingerprint density at radius 3 is 2.47 bits per heavy atom. The molecule has 0 saturated carbocycles. The number of nitriles is 1. The zero-order chi connectivity index (χ0) is 20.8. The summed E-state index contributed by atoms with van der Waals surface area (Å²) in [5.41, 5.74) is 4.74. The number of nitrogens with zero attached hydrogens (tertiary/aromatic N) is 3. The van der Waals surface area contributed by atoms with E-state index in [0.717, 1.165) is 34.3 Å². The van der Waals surface area contributed by atoms with Crippen LogP contribution in [0.25, 0.3) is 17.2 Å². The molecule has 1 unspecified atom stereocenters. The van der Waals surface area contributed by atoms with E-state index < -0.39 is 6.04 Å². The van der Waals surface area contributed by atoms with Crippen LogP contribution >= 0.6 is 0 Å². The van der Waals surface area contributed by atoms with Crippen LogP contribution in [0.1, 0.15) is 22.4 Å². The minimum Gasteiger partial charge on any atom is -0.339 e. The van der Waals surface area contributed by atoms with Crippen molar-refractivity contribution in [3.05, 3.63) is 120 Å². The van der Waals surface area contributed by atoms with E-state index in [1.807, 2.05) is 96.2 Å². The lowest BCUT2D eigenvalue weighted by atomic mass is 9.90. The summed E-state index contributed by atoms with van der Waals surface area (Å²) < 4.78 is 0. The highest BCUT2D eigenvalue weighted by molar-refractivity contribution is 5.95. The number of rotatable bonds is 5. The smallest absolute Gasteiger partial charge is 0.147 e. The van der Waals surface area contributed by atoms with Gasteiger partial charge in [-0.05, 0) is 47.1 Å². The van der Waals surface area contributed by atoms with Crippen LogP contribution in [0.15, 0.2) is 97.5 Å². The van der Waals surface area contributed by atoms with Crippen molar-refractivity contribution in [3.63, 3.8) is 0 Å². The summed E-state index contributed by atoms with van der Waals surface area (Å²) in [5, 5.41) is 9.59. The lowest BCUT2D eigenvalue weighted by Crippen LogP contribution is -2.32. The van der Waals surface area contributed by atoms with Crippen molar-refractivity contribution in [1.29, 1.82) is 5.26 Å². The molecule has 1 aliphatic rings. The molecule has 2 aromatic carbocycles. The van der Waals surface area contributed by atoms with Crippen LogP contribution in [0.3, 0.4) is 0 Å². The molecular formula is C26H19N3O. The largest absolute Gasteiger partial charge is 0.339 e. The lowest BCUT2D eigenvalue weighted by Gasteiger charge is -2.31. The zero-order valence-corrected chi connectivity index (χ0v) is 16.2. The number of hydrogen-bond acceptors (Lipinski definition) is 4. The van der Waals surface area contributed by atoms with Crippen molar-refractivity contribution < 1.29 is 4.79 Å². The molecule has 1 atom stereocenters. The van der Waals surface area contributed by atoms with Gasteiger partial charge in [-0.25, -0.2) is 0 Å². The molecule has 0 fully saturated rings. The Hall–Kier alpha value is -4.23. The molecule has 4 nitrogen and oxygen atoms in total. The molecule has 1 aliphatic heterocycles. The van der Waals surface area contributed by atoms with Crippen LogP contribution in [0.5, 0.6) is 0 Å². The van der Waals surface area contributed by atoms with Gasteiger partial charge < -0.3 is 9.69 Å². The third kappa shape index (κ3) is 3.96. The molecule has 0 aliphatic carbocycles. The normalized spacial score (nSPS) is 16.0. The molecule has 30 heavy (non-hydrogen) atoms. The molecule has 3 aromatic rings. The first-order valence-electron chi connectivity index (χ1n) is 9.60. The molecule has 4 heteroatoms. The Bertz CT molecular complexity index is 1170. The Morgan fingerprint density at radius 2 is 1.73 bits per heavy atom. The second kappa shape index (κ2) is 8.85. The van der Waals surface area contributed by atoms with Gasteiger partial charge in [0.1, 0.15) is 12.3 Å². The fraction of sp³-hybridized carbons (Fsp3) is 0.0385. The van der Waals surface area contributed by atoms with Crippen LogP contribution in [0.2, 0.25) is 0 Å². The maximum absolute atomic E-state index is 12.2. The fourth-order valence-corrected chi connectivity index (χ4v) is 3.45. The highest BCUT2D eigenvalue weighted by Crippen LogP contribution is 2.33. The predicted molar refractivity (Wildman–Crippen MR) is 119 cm³/mol. The lowest BCUT2D eigenvalue weighted by molar-refractivity contribution is -0.109. The molecule has 4 rings (SSSR count). The van der Waals surface area contributed by atoms with Crippen molar-refractivity contribution >= 4 is 23.5 Å². The van der Waals surface area contributed by atoms with Crippen LogP contribution in [-0.2, 0) is 4.79 Å². The summed E-state index contributed by atoms with van der Waals surface area (Å²) in [5.74, 6) is 0. The number of carbonyl (C=O) groups excluding carboxylic acids is 1. The first kappa shape index (κ1) is 19.1. The molecule has 2 heterocycles. The first-order chi connectivity index (χ1) is 14.8. The van der Waals surface area contributed by atoms with Gasteiger partial charge in [0.05, 0.1) is 17.3 Å². The van der Waals surface area contributed by atoms with Gasteiger partial charge in [-0.1, -0.05) is 54.6 Å². The van der Waals surface area contributed by atoms with Gasteiger partial charge >= 0.3 is 0 Å². The molecule has 0 bridgehead atoms. The fourth-order valence-electron chi connectivity index (χ4n) is 3.45. The van der Waals surface area contributed by atoms with Gasteiger partial charge in [0.15, 0.2) is 0 Å². The summed E-state index contributed by atoms with van der Waals surface area (Å²) in [6.07, 6.45) is 10.4. The third-order valence-electron chi connectivity index (χ3n) is 4.93. The number of allylic oxidation sites excluding steroid dienone is 2. The number of hydrogen-bond donors (Lipinski definition) is 0. The van der Waals surface area contributed by atoms with Crippen molar-refractivity contribution in [2.45, 2.75) is 6.04 Å². The number of carbonyl (C=O) groups is 1. The van der Waals surface area contributed by atoms with Gasteiger partial charge in [-0.3, -0.25) is 4.98 Å². The van der Waals surface area contributed by atoms with E-state index in [9.17, 15) is 10.1 Å². The zero-order valence-electron chi connectivity index (χ0n) is 16.2. The van der Waals surface area contributed by atoms with Gasteiger partial charge in [-0.15, -0.1) is 0 Å². The molecule has 0 N–H and O–H groups in total. The Morgan fingerprint density at radius 1 is 0.967 bits per heavy atom. The second-order valence-corrected chi connectivity index (χ2v) is 6.81. The van der Waals surface area contributed by atoms with Crippen molar-refractivity contribution in [2.24, 2.45) is 0 Å². The van der Waals surface area contributed by atoms with E-state index in [1.54, 1.807) is 12.3 Å². The third-order valence-corrected chi connectivity index (χ3v) is 4.93. The summed E-state index contributed by atoms with van der Waals surface area (Å²) in [7, 11) is 0. The van der Waals surface area contributed by atoms with Crippen LogP contribution < -0.4 is 0 Å². The molecular weight excluding hydrogens is 370 g/mol. The SMILES string of the molecule is N#Cc1ccccc1C1=CC(c2ccccn2)=CN(C=Cc2ccccc2)C1C=O. The minimum atomic E-state index is -0.549. The predicted octanol–water partition coefficient (Wildman–Crippen LogP) is 4.93. The highest BCUT2D eigenvalue weighted by atomic mass is 16.1. The van der Waals surface area contributed by atoms with Crippen LogP contribution in [0, 0.1) is 11.3 Å². The van der Waals surface area contributed by atoms with Gasteiger partial charge in [-0.2, -0.15) is 5.26 Å². The van der Waals surface area contributed by atoms with Crippen LogP contribution in [-0.4, -0.2) is 22.2 Å². The number of aromatic nitrogens is 1. The van der Waals surface area contributed by atoms with Crippen LogP contribution in [0.4, 0.5) is 0 Å². The van der Waals surface area contributed by atoms with Gasteiger partial charge in [0.25, 0.3) is 0 Å². The Kier molecular flexibility index (Phi) is 5.63. The van der Waals surface area contributed by atoms with Crippen molar-refractivity contribution in [1.82, 2.24) is 9.88 Å². The average molecular weight is 389 g/mol. The van der Waals surface area contributed by atoms with E-state index in [4.69, 9.17) is 0 Å². The van der Waals surface area contributed by atoms with E-state index in [-0.39, 0.29) is 0 Å². The summed E-state index contributed by atoms with van der Waals surface area (Å²) >= 11 is 0. The standard InChI is InChI=1S/C26H19N3O/c27-17-21-10-4-5-11-23(21)24-16-22(25-12-6-7-14-28-25)18-29(26(24)19-30)15-13-20-8-2-1-3-9-20/h1-16,18-19,26H. The topological polar surface area (TPSA) is 57.0 Å².